The van der Waals surface area contributed by atoms with Crippen LogP contribution in [0.3, 0.4) is 0 Å². The van der Waals surface area contributed by atoms with Gasteiger partial charge in [0.15, 0.2) is 0 Å². The fourth-order valence-corrected chi connectivity index (χ4v) is 3.19. The van der Waals surface area contributed by atoms with E-state index in [0.29, 0.717) is 28.3 Å². The molecule has 2 N–H and O–H groups in total. The summed E-state index contributed by atoms with van der Waals surface area (Å²) < 4.78 is 14.2. The van der Waals surface area contributed by atoms with Crippen LogP contribution in [0.15, 0.2) is 76.5 Å². The Balaban J connectivity index is 1.38. The van der Waals surface area contributed by atoms with E-state index in [1.54, 1.807) is 54.7 Å². The zero-order valence-corrected chi connectivity index (χ0v) is 17.6. The molecule has 0 saturated heterocycles. The number of halogens is 2. The molecule has 0 radical (unpaired) electrons. The second-order valence-electron chi connectivity index (χ2n) is 6.73. The average Bonchev–Trinajstić information content (AvgIpc) is 3.26. The predicted molar refractivity (Wildman–Crippen MR) is 117 cm³/mol. The largest absolute Gasteiger partial charge is 0.382 e. The maximum Gasteiger partial charge on any atom is 0.268 e. The molecule has 0 fully saturated rings. The van der Waals surface area contributed by atoms with Gasteiger partial charge in [0.2, 0.25) is 6.10 Å². The number of carbonyl (C=O) groups excluding carboxylic acids is 2. The minimum absolute atomic E-state index is 0.213. The Morgan fingerprint density at radius 1 is 1.06 bits per heavy atom. The first-order valence-electron chi connectivity index (χ1n) is 9.30. The molecule has 1 aromatic heterocycles. The van der Waals surface area contributed by atoms with Gasteiger partial charge in [-0.05, 0) is 58.4 Å². The van der Waals surface area contributed by atoms with Crippen molar-refractivity contribution in [2.45, 2.75) is 12.5 Å². The number of amides is 2. The first kappa shape index (κ1) is 20.7. The summed E-state index contributed by atoms with van der Waals surface area (Å²) in [6.45, 7) is 0. The van der Waals surface area contributed by atoms with E-state index in [1.165, 1.54) is 12.1 Å². The van der Waals surface area contributed by atoms with E-state index in [4.69, 9.17) is 4.84 Å². The Kier molecular flexibility index (Phi) is 6.03. The van der Waals surface area contributed by atoms with Crippen molar-refractivity contribution in [2.75, 3.05) is 10.6 Å². The van der Waals surface area contributed by atoms with Crippen LogP contribution in [0.25, 0.3) is 0 Å². The average molecular weight is 483 g/mol. The minimum atomic E-state index is -0.845. The van der Waals surface area contributed by atoms with Crippen LogP contribution in [0.4, 0.5) is 15.9 Å². The molecule has 1 aliphatic rings. The number of rotatable bonds is 5. The smallest absolute Gasteiger partial charge is 0.268 e. The highest BCUT2D eigenvalue weighted by atomic mass is 79.9. The zero-order valence-electron chi connectivity index (χ0n) is 16.0. The van der Waals surface area contributed by atoms with Crippen LogP contribution in [-0.4, -0.2) is 28.6 Å². The number of oxime groups is 1. The third-order valence-corrected chi connectivity index (χ3v) is 4.95. The van der Waals surface area contributed by atoms with Gasteiger partial charge in [-0.15, -0.1) is 0 Å². The number of carbonyl (C=O) groups is 2. The number of pyridine rings is 1. The lowest BCUT2D eigenvalue weighted by Gasteiger charge is -2.11. The molecule has 1 aliphatic heterocycles. The van der Waals surface area contributed by atoms with E-state index >= 15 is 0 Å². The van der Waals surface area contributed by atoms with Crippen LogP contribution in [0, 0.1) is 5.82 Å². The number of nitrogens with zero attached hydrogens (tertiary/aromatic N) is 2. The summed E-state index contributed by atoms with van der Waals surface area (Å²) in [5.41, 5.74) is 1.85. The standard InChI is InChI=1S/C22H16BrFN4O3/c23-15-7-8-20(25-12-15)27-21(29)14-4-2-6-17(10-14)26-22(30)19-11-18(28-31-19)13-3-1-5-16(24)9-13/h1-10,12,19H,11H2,(H,26,30)(H,25,27,29). The summed E-state index contributed by atoms with van der Waals surface area (Å²) >= 11 is 3.29. The van der Waals surface area contributed by atoms with Gasteiger partial charge in [-0.2, -0.15) is 0 Å². The van der Waals surface area contributed by atoms with Gasteiger partial charge < -0.3 is 15.5 Å². The second-order valence-corrected chi connectivity index (χ2v) is 7.65. The minimum Gasteiger partial charge on any atom is -0.382 e. The maximum absolute atomic E-state index is 13.4. The molecule has 2 amide bonds. The number of hydrogen-bond donors (Lipinski definition) is 2. The van der Waals surface area contributed by atoms with Crippen molar-refractivity contribution >= 4 is 45.0 Å². The van der Waals surface area contributed by atoms with Crippen molar-refractivity contribution in [1.29, 1.82) is 0 Å². The number of anilines is 2. The van der Waals surface area contributed by atoms with Crippen molar-refractivity contribution in [3.63, 3.8) is 0 Å². The summed E-state index contributed by atoms with van der Waals surface area (Å²) in [5, 5.41) is 9.32. The molecule has 2 heterocycles. The molecule has 4 rings (SSSR count). The lowest BCUT2D eigenvalue weighted by molar-refractivity contribution is -0.125. The summed E-state index contributed by atoms with van der Waals surface area (Å²) in [6.07, 6.45) is 0.946. The molecule has 0 aliphatic carbocycles. The monoisotopic (exact) mass is 482 g/mol. The van der Waals surface area contributed by atoms with Crippen LogP contribution in [-0.2, 0) is 9.63 Å². The molecule has 9 heteroatoms. The van der Waals surface area contributed by atoms with E-state index in [1.807, 2.05) is 0 Å². The van der Waals surface area contributed by atoms with E-state index < -0.39 is 12.0 Å². The van der Waals surface area contributed by atoms with Crippen LogP contribution >= 0.6 is 15.9 Å². The number of benzene rings is 2. The molecule has 3 aromatic rings. The fraction of sp³-hybridized carbons (Fsp3) is 0.0909. The highest BCUT2D eigenvalue weighted by Crippen LogP contribution is 2.20. The van der Waals surface area contributed by atoms with Crippen molar-refractivity contribution in [2.24, 2.45) is 5.16 Å². The normalized spacial score (nSPS) is 15.0. The Hall–Kier alpha value is -3.59. The topological polar surface area (TPSA) is 92.7 Å². The molecule has 0 spiro atoms. The van der Waals surface area contributed by atoms with Crippen LogP contribution in [0.5, 0.6) is 0 Å². The first-order valence-corrected chi connectivity index (χ1v) is 10.1. The Bertz CT molecular complexity index is 1170. The van der Waals surface area contributed by atoms with Crippen LogP contribution in [0.1, 0.15) is 22.3 Å². The third-order valence-electron chi connectivity index (χ3n) is 4.48. The van der Waals surface area contributed by atoms with Gasteiger partial charge in [-0.25, -0.2) is 9.37 Å². The van der Waals surface area contributed by atoms with E-state index in [-0.39, 0.29) is 18.1 Å². The number of nitrogens with one attached hydrogen (secondary N) is 2. The van der Waals surface area contributed by atoms with Crippen molar-refractivity contribution < 1.29 is 18.8 Å². The highest BCUT2D eigenvalue weighted by molar-refractivity contribution is 9.10. The lowest BCUT2D eigenvalue weighted by atomic mass is 10.0. The molecule has 31 heavy (non-hydrogen) atoms. The first-order chi connectivity index (χ1) is 15.0. The molecule has 2 aromatic carbocycles. The van der Waals surface area contributed by atoms with Gasteiger partial charge >= 0.3 is 0 Å². The van der Waals surface area contributed by atoms with Gasteiger partial charge in [0.05, 0.1) is 5.71 Å². The van der Waals surface area contributed by atoms with E-state index in [9.17, 15) is 14.0 Å². The summed E-state index contributed by atoms with van der Waals surface area (Å²) in [6, 6.07) is 15.9. The molecule has 1 unspecified atom stereocenters. The Labute approximate surface area is 185 Å². The fourth-order valence-electron chi connectivity index (χ4n) is 2.96. The van der Waals surface area contributed by atoms with Gasteiger partial charge in [0, 0.05) is 33.9 Å². The SMILES string of the molecule is O=C(Nc1ccc(Br)cn1)c1cccc(NC(=O)C2CC(c3cccc(F)c3)=NO2)c1. The molecule has 0 bridgehead atoms. The molecule has 1 atom stereocenters. The maximum atomic E-state index is 13.4. The van der Waals surface area contributed by atoms with Crippen molar-refractivity contribution in [3.05, 3.63) is 88.3 Å². The molecule has 0 saturated carbocycles. The third kappa shape index (κ3) is 5.13. The van der Waals surface area contributed by atoms with E-state index in [2.05, 4.69) is 36.7 Å². The van der Waals surface area contributed by atoms with Crippen molar-refractivity contribution in [3.8, 4) is 0 Å². The number of hydrogen-bond acceptors (Lipinski definition) is 5. The second kappa shape index (κ2) is 9.05. The van der Waals surface area contributed by atoms with Gasteiger partial charge in [-0.3, -0.25) is 9.59 Å². The molecule has 156 valence electrons. The predicted octanol–water partition coefficient (Wildman–Crippen LogP) is 4.37. The summed E-state index contributed by atoms with van der Waals surface area (Å²) in [4.78, 5) is 34.4. The molecular formula is C22H16BrFN4O3. The molecular weight excluding hydrogens is 467 g/mol. The quantitative estimate of drug-likeness (QED) is 0.564. The summed E-state index contributed by atoms with van der Waals surface area (Å²) in [5.74, 6) is -0.757. The number of aromatic nitrogens is 1. The Morgan fingerprint density at radius 2 is 1.90 bits per heavy atom. The van der Waals surface area contributed by atoms with Crippen molar-refractivity contribution in [1.82, 2.24) is 4.98 Å². The van der Waals surface area contributed by atoms with Crippen LogP contribution in [0.2, 0.25) is 0 Å². The summed E-state index contributed by atoms with van der Waals surface area (Å²) in [7, 11) is 0. The van der Waals surface area contributed by atoms with E-state index in [0.717, 1.165) is 4.47 Å². The molecule has 7 nitrogen and oxygen atoms in total. The highest BCUT2D eigenvalue weighted by Gasteiger charge is 2.29. The van der Waals surface area contributed by atoms with Gasteiger partial charge in [-0.1, -0.05) is 23.4 Å². The zero-order chi connectivity index (χ0) is 21.8. The Morgan fingerprint density at radius 3 is 2.68 bits per heavy atom. The van der Waals surface area contributed by atoms with Gasteiger partial charge in [0.1, 0.15) is 11.6 Å². The van der Waals surface area contributed by atoms with Crippen LogP contribution < -0.4 is 10.6 Å². The lowest BCUT2D eigenvalue weighted by Crippen LogP contribution is -2.28. The van der Waals surface area contributed by atoms with Gasteiger partial charge in [0.25, 0.3) is 11.8 Å².